The van der Waals surface area contributed by atoms with Crippen molar-refractivity contribution in [3.8, 4) is 5.75 Å². The summed E-state index contributed by atoms with van der Waals surface area (Å²) in [5.74, 6) is -1.20. The molecule has 0 amide bonds. The fourth-order valence-electron chi connectivity index (χ4n) is 1.90. The lowest BCUT2D eigenvalue weighted by Crippen LogP contribution is -2.10. The molecule has 9 heteroatoms. The highest BCUT2D eigenvalue weighted by Gasteiger charge is 2.66. The highest BCUT2D eigenvalue weighted by molar-refractivity contribution is 8.45. The summed E-state index contributed by atoms with van der Waals surface area (Å²) in [5.41, 5.74) is 1.15. The second-order valence-corrected chi connectivity index (χ2v) is 7.79. The summed E-state index contributed by atoms with van der Waals surface area (Å²) in [6, 6.07) is 7.64. The first kappa shape index (κ1) is 18.5. The van der Waals surface area contributed by atoms with E-state index in [4.69, 9.17) is 16.3 Å². The van der Waals surface area contributed by atoms with Crippen LogP contribution in [0.1, 0.15) is 22.8 Å². The highest BCUT2D eigenvalue weighted by Crippen LogP contribution is 3.02. The molecule has 2 nitrogen and oxygen atoms in total. The van der Waals surface area contributed by atoms with Crippen molar-refractivity contribution < 1.29 is 29.0 Å². The van der Waals surface area contributed by atoms with Crippen molar-refractivity contribution >= 4 is 27.8 Å². The largest absolute Gasteiger partial charge is 0.423 e. The molecule has 24 heavy (non-hydrogen) atoms. The third-order valence-corrected chi connectivity index (χ3v) is 4.74. The van der Waals surface area contributed by atoms with Crippen LogP contribution in [-0.2, 0) is 6.42 Å². The molecule has 0 saturated carbocycles. The minimum absolute atomic E-state index is 0.104. The Morgan fingerprint density at radius 2 is 1.62 bits per heavy atom. The SMILES string of the molecule is CCc1ccc(C(=O)Oc2ccc(S(F)(F)(F)(F)F)c(Cl)c2)cc1. The van der Waals surface area contributed by atoms with Crippen molar-refractivity contribution in [3.63, 3.8) is 0 Å². The summed E-state index contributed by atoms with van der Waals surface area (Å²) in [7, 11) is -9.90. The number of ether oxygens (including phenoxy) is 1. The smallest absolute Gasteiger partial charge is 0.343 e. The Bertz CT molecular complexity index is 788. The molecule has 132 valence electrons. The van der Waals surface area contributed by atoms with Crippen molar-refractivity contribution in [1.82, 2.24) is 0 Å². The average Bonchev–Trinajstić information content (AvgIpc) is 2.44. The molecule has 2 aromatic carbocycles. The van der Waals surface area contributed by atoms with Crippen LogP contribution >= 0.6 is 21.8 Å². The maximum atomic E-state index is 12.7. The van der Waals surface area contributed by atoms with Gasteiger partial charge in [0.1, 0.15) is 10.6 Å². The summed E-state index contributed by atoms with van der Waals surface area (Å²) in [6.07, 6.45) is 0.765. The number of aryl methyl sites for hydroxylation is 1. The van der Waals surface area contributed by atoms with Gasteiger partial charge in [-0.2, -0.15) is 0 Å². The van der Waals surface area contributed by atoms with E-state index >= 15 is 0 Å². The third-order valence-electron chi connectivity index (χ3n) is 3.13. The van der Waals surface area contributed by atoms with Crippen molar-refractivity contribution in [2.75, 3.05) is 0 Å². The van der Waals surface area contributed by atoms with E-state index in [1.807, 2.05) is 6.92 Å². The quantitative estimate of drug-likeness (QED) is 0.329. The van der Waals surface area contributed by atoms with Crippen LogP contribution in [0.5, 0.6) is 5.75 Å². The Balaban J connectivity index is 2.25. The van der Waals surface area contributed by atoms with Gasteiger partial charge in [-0.1, -0.05) is 50.1 Å². The number of carbonyl (C=O) groups is 1. The van der Waals surface area contributed by atoms with E-state index in [-0.39, 0.29) is 17.4 Å². The Labute approximate surface area is 139 Å². The van der Waals surface area contributed by atoms with Crippen molar-refractivity contribution in [3.05, 3.63) is 58.6 Å². The topological polar surface area (TPSA) is 26.3 Å². The molecule has 2 aromatic rings. The summed E-state index contributed by atoms with van der Waals surface area (Å²) in [4.78, 5) is 9.69. The van der Waals surface area contributed by atoms with Gasteiger partial charge < -0.3 is 4.74 Å². The molecule has 0 radical (unpaired) electrons. The first-order valence-corrected chi connectivity index (χ1v) is 8.98. The molecule has 0 spiro atoms. The molecule has 0 unspecified atom stereocenters. The zero-order valence-corrected chi connectivity index (χ0v) is 13.8. The van der Waals surface area contributed by atoms with Crippen molar-refractivity contribution in [2.45, 2.75) is 18.2 Å². The van der Waals surface area contributed by atoms with E-state index in [1.54, 1.807) is 12.1 Å². The number of esters is 1. The number of rotatable bonds is 4. The molecule has 0 fully saturated rings. The molecule has 0 heterocycles. The van der Waals surface area contributed by atoms with Crippen molar-refractivity contribution in [1.29, 1.82) is 0 Å². The number of halogens is 6. The standard InChI is InChI=1S/C15H12ClF5O2S/c1-2-10-3-5-11(6-4-10)15(22)23-12-7-8-14(13(16)9-12)24(17,18,19,20)21/h3-9H,2H2,1H3. The minimum Gasteiger partial charge on any atom is -0.423 e. The summed E-state index contributed by atoms with van der Waals surface area (Å²) in [5, 5.41) is -1.24. The van der Waals surface area contributed by atoms with Gasteiger partial charge in [0.25, 0.3) is 0 Å². The number of benzene rings is 2. The molecule has 0 aliphatic carbocycles. The molecule has 0 aromatic heterocycles. The molecule has 0 bridgehead atoms. The van der Waals surface area contributed by atoms with Crippen LogP contribution in [0.2, 0.25) is 5.02 Å². The Morgan fingerprint density at radius 3 is 2.08 bits per heavy atom. The van der Waals surface area contributed by atoms with Crippen LogP contribution in [0.3, 0.4) is 0 Å². The fourth-order valence-corrected chi connectivity index (χ4v) is 3.26. The summed E-state index contributed by atoms with van der Waals surface area (Å²) < 4.78 is 68.6. The van der Waals surface area contributed by atoms with E-state index < -0.39 is 26.1 Å². The first-order valence-electron chi connectivity index (χ1n) is 6.65. The highest BCUT2D eigenvalue weighted by atomic mass is 35.5. The normalized spacial score (nSPS) is 14.6. The first-order chi connectivity index (χ1) is 10.8. The summed E-state index contributed by atoms with van der Waals surface area (Å²) >= 11 is 5.30. The maximum Gasteiger partial charge on any atom is 0.343 e. The van der Waals surface area contributed by atoms with Crippen LogP contribution in [-0.4, -0.2) is 5.97 Å². The molecule has 0 saturated heterocycles. The second kappa shape index (κ2) is 5.35. The van der Waals surface area contributed by atoms with Crippen molar-refractivity contribution in [2.24, 2.45) is 0 Å². The maximum absolute atomic E-state index is 12.7. The van der Waals surface area contributed by atoms with Crippen LogP contribution in [0.15, 0.2) is 47.4 Å². The van der Waals surface area contributed by atoms with Gasteiger partial charge in [-0.15, -0.1) is 0 Å². The fraction of sp³-hybridized carbons (Fsp3) is 0.133. The zero-order chi connectivity index (χ0) is 18.2. The molecule has 0 aliphatic rings. The number of carbonyl (C=O) groups excluding carboxylic acids is 1. The Hall–Kier alpha value is -1.80. The number of hydrogen-bond acceptors (Lipinski definition) is 2. The van der Waals surface area contributed by atoms with E-state index in [1.165, 1.54) is 12.1 Å². The number of hydrogen-bond donors (Lipinski definition) is 0. The average molecular weight is 387 g/mol. The lowest BCUT2D eigenvalue weighted by Gasteiger charge is -2.41. The lowest BCUT2D eigenvalue weighted by molar-refractivity contribution is 0.0734. The van der Waals surface area contributed by atoms with Gasteiger partial charge in [-0.25, -0.2) is 4.79 Å². The molecule has 0 aliphatic heterocycles. The Morgan fingerprint density at radius 1 is 1.04 bits per heavy atom. The van der Waals surface area contributed by atoms with Gasteiger partial charge in [0.2, 0.25) is 0 Å². The third kappa shape index (κ3) is 4.39. The minimum atomic E-state index is -9.90. The predicted octanol–water partition coefficient (Wildman–Crippen LogP) is 6.78. The van der Waals surface area contributed by atoms with E-state index in [0.717, 1.165) is 12.0 Å². The van der Waals surface area contributed by atoms with Crippen LogP contribution in [0, 0.1) is 0 Å². The second-order valence-electron chi connectivity index (χ2n) is 5.00. The van der Waals surface area contributed by atoms with Crippen LogP contribution in [0.25, 0.3) is 0 Å². The van der Waals surface area contributed by atoms with Gasteiger partial charge in [0, 0.05) is 6.07 Å². The van der Waals surface area contributed by atoms with Crippen LogP contribution < -0.4 is 4.74 Å². The molecule has 0 atom stereocenters. The van der Waals surface area contributed by atoms with Gasteiger partial charge >= 0.3 is 16.2 Å². The van der Waals surface area contributed by atoms with Gasteiger partial charge in [0.05, 0.1) is 10.6 Å². The zero-order valence-electron chi connectivity index (χ0n) is 12.2. The monoisotopic (exact) mass is 386 g/mol. The summed E-state index contributed by atoms with van der Waals surface area (Å²) in [6.45, 7) is 1.93. The van der Waals surface area contributed by atoms with Gasteiger partial charge in [-0.3, -0.25) is 0 Å². The molecular weight excluding hydrogens is 375 g/mol. The van der Waals surface area contributed by atoms with Gasteiger partial charge in [0.15, 0.2) is 0 Å². The molecule has 0 N–H and O–H groups in total. The molecule has 2 rings (SSSR count). The lowest BCUT2D eigenvalue weighted by atomic mass is 10.1. The van der Waals surface area contributed by atoms with E-state index in [0.29, 0.717) is 12.1 Å². The molecular formula is C15H12ClF5O2S. The Kier molecular flexibility index (Phi) is 4.13. The predicted molar refractivity (Wildman–Crippen MR) is 83.6 cm³/mol. The van der Waals surface area contributed by atoms with E-state index in [9.17, 15) is 24.2 Å². The van der Waals surface area contributed by atoms with Crippen LogP contribution in [0.4, 0.5) is 19.4 Å². The van der Waals surface area contributed by atoms with E-state index in [2.05, 4.69) is 0 Å². The van der Waals surface area contributed by atoms with Gasteiger partial charge in [-0.05, 0) is 36.2 Å².